The van der Waals surface area contributed by atoms with Gasteiger partial charge in [-0.15, -0.1) is 0 Å². The van der Waals surface area contributed by atoms with Gasteiger partial charge in [0.2, 0.25) is 0 Å². The quantitative estimate of drug-likeness (QED) is 0.629. The number of rotatable bonds is 6. The van der Waals surface area contributed by atoms with Crippen LogP contribution in [0.2, 0.25) is 0 Å². The van der Waals surface area contributed by atoms with Crippen LogP contribution in [0, 0.1) is 0 Å². The van der Waals surface area contributed by atoms with Gasteiger partial charge < -0.3 is 14.2 Å². The van der Waals surface area contributed by atoms with E-state index in [9.17, 15) is 9.59 Å². The Kier molecular flexibility index (Phi) is 6.79. The normalized spacial score (nSPS) is 10.8. The van der Waals surface area contributed by atoms with E-state index in [2.05, 4.69) is 10.1 Å². The maximum Gasteiger partial charge on any atom is 0.411 e. The van der Waals surface area contributed by atoms with Crippen molar-refractivity contribution in [1.29, 1.82) is 0 Å². The Labute approximate surface area is 152 Å². The second-order valence-electron chi connectivity index (χ2n) is 5.20. The molecule has 1 N–H and O–H groups in total. The summed E-state index contributed by atoms with van der Waals surface area (Å²) >= 11 is 0. The number of carbonyl (C=O) groups excluding carboxylic acids is 2. The van der Waals surface area contributed by atoms with Gasteiger partial charge in [0.05, 0.1) is 26.5 Å². The zero-order chi connectivity index (χ0) is 18.9. The molecule has 0 fully saturated rings. The number of hydrogen-bond donors (Lipinski definition) is 1. The molecule has 136 valence electrons. The molecule has 0 saturated heterocycles. The molecule has 0 aliphatic carbocycles. The smallest absolute Gasteiger partial charge is 0.411 e. The molecule has 26 heavy (non-hydrogen) atoms. The van der Waals surface area contributed by atoms with Crippen molar-refractivity contribution in [2.75, 3.05) is 26.1 Å². The molecule has 0 aliphatic rings. The fourth-order valence-corrected chi connectivity index (χ4v) is 2.38. The van der Waals surface area contributed by atoms with Gasteiger partial charge in [-0.05, 0) is 36.3 Å². The van der Waals surface area contributed by atoms with Crippen molar-refractivity contribution < 1.29 is 23.8 Å². The van der Waals surface area contributed by atoms with E-state index in [0.717, 1.165) is 5.56 Å². The lowest BCUT2D eigenvalue weighted by molar-refractivity contribution is -0.137. The lowest BCUT2D eigenvalue weighted by Gasteiger charge is -2.14. The van der Waals surface area contributed by atoms with Gasteiger partial charge in [0.25, 0.3) is 0 Å². The molecule has 2 aromatic carbocycles. The average Bonchev–Trinajstić information content (AvgIpc) is 2.67. The first-order chi connectivity index (χ1) is 12.6. The standard InChI is InChI=1S/C20H21NO5/c1-4-26-19(22)13-17(14-9-11-15(24-2)12-10-14)16-7-5-6-8-18(16)21-20(23)25-3/h5-13H,4H2,1-3H3,(H,21,23)/b17-13-. The molecule has 0 aromatic heterocycles. The van der Waals surface area contributed by atoms with Crippen LogP contribution in [0.4, 0.5) is 10.5 Å². The summed E-state index contributed by atoms with van der Waals surface area (Å²) in [6.45, 7) is 2.01. The first kappa shape index (κ1) is 19.1. The number of hydrogen-bond acceptors (Lipinski definition) is 5. The van der Waals surface area contributed by atoms with Gasteiger partial charge in [0, 0.05) is 11.6 Å². The first-order valence-electron chi connectivity index (χ1n) is 8.06. The van der Waals surface area contributed by atoms with Crippen molar-refractivity contribution in [3.05, 3.63) is 65.7 Å². The minimum Gasteiger partial charge on any atom is -0.497 e. The van der Waals surface area contributed by atoms with Crippen molar-refractivity contribution in [3.63, 3.8) is 0 Å². The molecule has 0 unspecified atom stereocenters. The van der Waals surface area contributed by atoms with Crippen LogP contribution in [0.3, 0.4) is 0 Å². The minimum absolute atomic E-state index is 0.271. The largest absolute Gasteiger partial charge is 0.497 e. The number of nitrogens with one attached hydrogen (secondary N) is 1. The molecule has 0 spiro atoms. The fraction of sp³-hybridized carbons (Fsp3) is 0.200. The molecule has 0 atom stereocenters. The first-order valence-corrected chi connectivity index (χ1v) is 8.06. The van der Waals surface area contributed by atoms with E-state index < -0.39 is 12.1 Å². The second kappa shape index (κ2) is 9.27. The monoisotopic (exact) mass is 355 g/mol. The second-order valence-corrected chi connectivity index (χ2v) is 5.20. The predicted octanol–water partition coefficient (Wildman–Crippen LogP) is 3.87. The molecule has 6 nitrogen and oxygen atoms in total. The minimum atomic E-state index is -0.595. The number of methoxy groups -OCH3 is 2. The summed E-state index contributed by atoms with van der Waals surface area (Å²) in [6.07, 6.45) is 0.811. The summed E-state index contributed by atoms with van der Waals surface area (Å²) in [7, 11) is 2.87. The van der Waals surface area contributed by atoms with Crippen molar-refractivity contribution in [2.24, 2.45) is 0 Å². The fourth-order valence-electron chi connectivity index (χ4n) is 2.38. The summed E-state index contributed by atoms with van der Waals surface area (Å²) in [4.78, 5) is 23.7. The van der Waals surface area contributed by atoms with E-state index in [0.29, 0.717) is 22.6 Å². The van der Waals surface area contributed by atoms with Gasteiger partial charge in [-0.1, -0.05) is 30.3 Å². The third-order valence-electron chi connectivity index (χ3n) is 3.59. The van der Waals surface area contributed by atoms with Gasteiger partial charge in [-0.25, -0.2) is 9.59 Å². The van der Waals surface area contributed by atoms with Crippen molar-refractivity contribution >= 4 is 23.3 Å². The average molecular weight is 355 g/mol. The summed E-state index contributed by atoms with van der Waals surface area (Å²) in [5.41, 5.74) is 2.57. The maximum absolute atomic E-state index is 12.1. The van der Waals surface area contributed by atoms with E-state index in [-0.39, 0.29) is 6.61 Å². The van der Waals surface area contributed by atoms with Gasteiger partial charge in [0.1, 0.15) is 5.75 Å². The summed E-state index contributed by atoms with van der Waals surface area (Å²) in [5.74, 6) is 0.233. The van der Waals surface area contributed by atoms with Gasteiger partial charge in [-0.2, -0.15) is 0 Å². The third-order valence-corrected chi connectivity index (χ3v) is 3.59. The number of ether oxygens (including phenoxy) is 3. The molecular formula is C20H21NO5. The molecule has 1 amide bonds. The van der Waals surface area contributed by atoms with Crippen molar-refractivity contribution in [3.8, 4) is 5.75 Å². The van der Waals surface area contributed by atoms with Crippen molar-refractivity contribution in [1.82, 2.24) is 0 Å². The lowest BCUT2D eigenvalue weighted by atomic mass is 9.96. The van der Waals surface area contributed by atoms with E-state index in [1.54, 1.807) is 44.4 Å². The highest BCUT2D eigenvalue weighted by molar-refractivity contribution is 6.00. The number of benzene rings is 2. The highest BCUT2D eigenvalue weighted by Crippen LogP contribution is 2.30. The lowest BCUT2D eigenvalue weighted by Crippen LogP contribution is -2.12. The Hall–Kier alpha value is -3.28. The topological polar surface area (TPSA) is 73.9 Å². The van der Waals surface area contributed by atoms with E-state index in [1.165, 1.54) is 13.2 Å². The van der Waals surface area contributed by atoms with Crippen LogP contribution in [0.1, 0.15) is 18.1 Å². The van der Waals surface area contributed by atoms with Crippen LogP contribution >= 0.6 is 0 Å². The Balaban J connectivity index is 2.53. The third kappa shape index (κ3) is 4.86. The van der Waals surface area contributed by atoms with E-state index >= 15 is 0 Å². The zero-order valence-corrected chi connectivity index (χ0v) is 14.9. The Morgan fingerprint density at radius 2 is 1.73 bits per heavy atom. The van der Waals surface area contributed by atoms with E-state index in [4.69, 9.17) is 9.47 Å². The molecule has 0 heterocycles. The van der Waals surface area contributed by atoms with Crippen LogP contribution in [0.5, 0.6) is 5.75 Å². The van der Waals surface area contributed by atoms with Crippen LogP contribution in [0.15, 0.2) is 54.6 Å². The number of anilines is 1. The Morgan fingerprint density at radius 1 is 1.04 bits per heavy atom. The zero-order valence-electron chi connectivity index (χ0n) is 14.9. The maximum atomic E-state index is 12.1. The van der Waals surface area contributed by atoms with E-state index in [1.807, 2.05) is 18.2 Å². The number of esters is 1. The Bertz CT molecular complexity index is 796. The molecule has 6 heteroatoms. The summed E-state index contributed by atoms with van der Waals surface area (Å²) in [6, 6.07) is 14.4. The number of carbonyl (C=O) groups is 2. The molecule has 2 rings (SSSR count). The molecule has 0 aliphatic heterocycles. The van der Waals surface area contributed by atoms with Crippen LogP contribution < -0.4 is 10.1 Å². The summed E-state index contributed by atoms with van der Waals surface area (Å²) < 4.78 is 14.9. The number of amides is 1. The van der Waals surface area contributed by atoms with Gasteiger partial charge in [-0.3, -0.25) is 5.32 Å². The van der Waals surface area contributed by atoms with Crippen LogP contribution in [-0.2, 0) is 14.3 Å². The van der Waals surface area contributed by atoms with Gasteiger partial charge >= 0.3 is 12.1 Å². The molecule has 0 radical (unpaired) electrons. The molecule has 0 saturated carbocycles. The predicted molar refractivity (Wildman–Crippen MR) is 99.2 cm³/mol. The SMILES string of the molecule is CCOC(=O)/C=C(/c1ccc(OC)cc1)c1ccccc1NC(=O)OC. The summed E-state index contributed by atoms with van der Waals surface area (Å²) in [5, 5.41) is 2.66. The van der Waals surface area contributed by atoms with Crippen LogP contribution in [0.25, 0.3) is 5.57 Å². The molecule has 2 aromatic rings. The highest BCUT2D eigenvalue weighted by atomic mass is 16.5. The Morgan fingerprint density at radius 3 is 2.35 bits per heavy atom. The molecular weight excluding hydrogens is 334 g/mol. The highest BCUT2D eigenvalue weighted by Gasteiger charge is 2.14. The van der Waals surface area contributed by atoms with Crippen LogP contribution in [-0.4, -0.2) is 32.9 Å². The van der Waals surface area contributed by atoms with Gasteiger partial charge in [0.15, 0.2) is 0 Å². The van der Waals surface area contributed by atoms with Crippen molar-refractivity contribution in [2.45, 2.75) is 6.92 Å². The molecule has 0 bridgehead atoms. The number of para-hydroxylation sites is 1.